The molecule has 2 aliphatic rings. The Labute approximate surface area is 162 Å². The molecule has 0 spiro atoms. The molecule has 2 fully saturated rings. The highest BCUT2D eigenvalue weighted by Crippen LogP contribution is 2.43. The lowest BCUT2D eigenvalue weighted by Crippen LogP contribution is -2.46. The molecule has 1 aromatic carbocycles. The molecule has 1 unspecified atom stereocenters. The third kappa shape index (κ3) is 3.77. The van der Waals surface area contributed by atoms with E-state index in [1.165, 1.54) is 5.56 Å². The van der Waals surface area contributed by atoms with Crippen LogP contribution in [0.3, 0.4) is 0 Å². The molecule has 1 amide bonds. The number of pyridine rings is 1. The summed E-state index contributed by atoms with van der Waals surface area (Å²) in [6, 6.07) is 15.1. The van der Waals surface area contributed by atoms with E-state index in [9.17, 15) is 4.79 Å². The lowest BCUT2D eigenvalue weighted by atomic mass is 9.78. The van der Waals surface area contributed by atoms with Gasteiger partial charge in [-0.15, -0.1) is 0 Å². The fourth-order valence-corrected chi connectivity index (χ4v) is 4.81. The number of nitrogens with zero attached hydrogens (tertiary/aromatic N) is 3. The number of amides is 1. The van der Waals surface area contributed by atoms with Crippen molar-refractivity contribution in [2.75, 3.05) is 26.2 Å². The monoisotopic (exact) mass is 363 g/mol. The van der Waals surface area contributed by atoms with Gasteiger partial charge < -0.3 is 4.90 Å². The third-order valence-corrected chi connectivity index (χ3v) is 6.37. The lowest BCUT2D eigenvalue weighted by molar-refractivity contribution is 0.0635. The molecule has 4 rings (SSSR count). The molecule has 0 radical (unpaired) electrons. The van der Waals surface area contributed by atoms with E-state index in [0.29, 0.717) is 12.0 Å². The number of hydrogen-bond acceptors (Lipinski definition) is 3. The van der Waals surface area contributed by atoms with E-state index in [-0.39, 0.29) is 11.3 Å². The summed E-state index contributed by atoms with van der Waals surface area (Å²) < 4.78 is 0. The van der Waals surface area contributed by atoms with Gasteiger partial charge in [-0.2, -0.15) is 0 Å². The van der Waals surface area contributed by atoms with Crippen LogP contribution in [-0.2, 0) is 0 Å². The van der Waals surface area contributed by atoms with E-state index in [0.717, 1.165) is 44.6 Å². The first-order chi connectivity index (χ1) is 13.0. The average Bonchev–Trinajstić information content (AvgIpc) is 3.04. The van der Waals surface area contributed by atoms with Crippen LogP contribution in [0, 0.1) is 5.41 Å². The lowest BCUT2D eigenvalue weighted by Gasteiger charge is -2.37. The fourth-order valence-electron chi connectivity index (χ4n) is 4.81. The van der Waals surface area contributed by atoms with Crippen LogP contribution in [0.5, 0.6) is 0 Å². The summed E-state index contributed by atoms with van der Waals surface area (Å²) in [5.41, 5.74) is 2.48. The number of carbonyl (C=O) groups is 1. The molecule has 0 aliphatic carbocycles. The summed E-state index contributed by atoms with van der Waals surface area (Å²) in [5, 5.41) is 0. The number of piperidine rings is 1. The highest BCUT2D eigenvalue weighted by atomic mass is 16.2. The number of aromatic nitrogens is 1. The molecule has 4 nitrogen and oxygen atoms in total. The van der Waals surface area contributed by atoms with Gasteiger partial charge in [0.25, 0.3) is 5.91 Å². The van der Waals surface area contributed by atoms with Gasteiger partial charge in [0, 0.05) is 56.1 Å². The second-order valence-corrected chi connectivity index (χ2v) is 8.64. The first-order valence-electron chi connectivity index (χ1n) is 10.0. The van der Waals surface area contributed by atoms with Gasteiger partial charge in [0.05, 0.1) is 0 Å². The summed E-state index contributed by atoms with van der Waals surface area (Å²) in [7, 11) is 0. The quantitative estimate of drug-likeness (QED) is 0.832. The maximum Gasteiger partial charge on any atom is 0.253 e. The number of likely N-dealkylation sites (tertiary alicyclic amines) is 2. The fraction of sp³-hybridized carbons (Fsp3) is 0.478. The number of carbonyl (C=O) groups excluding carboxylic acids is 1. The second kappa shape index (κ2) is 7.43. The van der Waals surface area contributed by atoms with Crippen LogP contribution in [0.4, 0.5) is 0 Å². The molecule has 2 saturated heterocycles. The first kappa shape index (κ1) is 18.2. The van der Waals surface area contributed by atoms with Crippen molar-refractivity contribution in [2.24, 2.45) is 5.41 Å². The molecule has 4 heteroatoms. The molecule has 0 bridgehead atoms. The number of hydrogen-bond donors (Lipinski definition) is 0. The van der Waals surface area contributed by atoms with Gasteiger partial charge in [0.15, 0.2) is 0 Å². The molecule has 27 heavy (non-hydrogen) atoms. The summed E-state index contributed by atoms with van der Waals surface area (Å²) in [6.45, 7) is 8.74. The Hall–Kier alpha value is -2.20. The Morgan fingerprint density at radius 3 is 2.37 bits per heavy atom. The van der Waals surface area contributed by atoms with E-state index in [4.69, 9.17) is 0 Å². The van der Waals surface area contributed by atoms with Crippen molar-refractivity contribution in [3.05, 3.63) is 66.0 Å². The second-order valence-electron chi connectivity index (χ2n) is 8.64. The van der Waals surface area contributed by atoms with Crippen molar-refractivity contribution in [1.29, 1.82) is 0 Å². The predicted octanol–water partition coefficient (Wildman–Crippen LogP) is 3.81. The van der Waals surface area contributed by atoms with Crippen molar-refractivity contribution >= 4 is 5.91 Å². The van der Waals surface area contributed by atoms with Crippen LogP contribution in [-0.4, -0.2) is 52.9 Å². The molecule has 3 heterocycles. The van der Waals surface area contributed by atoms with E-state index >= 15 is 0 Å². The van der Waals surface area contributed by atoms with Crippen LogP contribution >= 0.6 is 0 Å². The van der Waals surface area contributed by atoms with Gasteiger partial charge in [-0.05, 0) is 36.0 Å². The largest absolute Gasteiger partial charge is 0.339 e. The Kier molecular flexibility index (Phi) is 5.00. The van der Waals surface area contributed by atoms with Gasteiger partial charge in [-0.25, -0.2) is 0 Å². The SMILES string of the molecule is CC1(C)CN(C2CCN(C(=O)c3ccncc3)CC2)CC1c1ccccc1. The topological polar surface area (TPSA) is 36.4 Å². The van der Waals surface area contributed by atoms with Crippen molar-refractivity contribution in [3.8, 4) is 0 Å². The van der Waals surface area contributed by atoms with Gasteiger partial charge in [-0.3, -0.25) is 14.7 Å². The van der Waals surface area contributed by atoms with E-state index < -0.39 is 0 Å². The van der Waals surface area contributed by atoms with E-state index in [2.05, 4.69) is 54.1 Å². The third-order valence-electron chi connectivity index (χ3n) is 6.37. The zero-order chi connectivity index (χ0) is 18.9. The Morgan fingerprint density at radius 1 is 1.04 bits per heavy atom. The van der Waals surface area contributed by atoms with Crippen molar-refractivity contribution < 1.29 is 4.79 Å². The zero-order valence-corrected chi connectivity index (χ0v) is 16.3. The Morgan fingerprint density at radius 2 is 1.70 bits per heavy atom. The first-order valence-corrected chi connectivity index (χ1v) is 10.0. The van der Waals surface area contributed by atoms with Gasteiger partial charge in [0.2, 0.25) is 0 Å². The highest BCUT2D eigenvalue weighted by molar-refractivity contribution is 5.94. The highest BCUT2D eigenvalue weighted by Gasteiger charge is 2.43. The molecular formula is C23H29N3O. The Bertz CT molecular complexity index is 767. The molecule has 0 N–H and O–H groups in total. The van der Waals surface area contributed by atoms with Gasteiger partial charge in [-0.1, -0.05) is 44.2 Å². The molecule has 1 aromatic heterocycles. The maximum atomic E-state index is 12.7. The standard InChI is InChI=1S/C23H29N3O/c1-23(2)17-26(16-21(23)18-6-4-3-5-7-18)20-10-14-25(15-11-20)22(27)19-8-12-24-13-9-19/h3-9,12-13,20-21H,10-11,14-17H2,1-2H3. The predicted molar refractivity (Wildman–Crippen MR) is 108 cm³/mol. The minimum atomic E-state index is 0.139. The zero-order valence-electron chi connectivity index (χ0n) is 16.3. The average molecular weight is 364 g/mol. The van der Waals surface area contributed by atoms with Crippen LogP contribution in [0.15, 0.2) is 54.9 Å². The molecule has 0 saturated carbocycles. The summed E-state index contributed by atoms with van der Waals surface area (Å²) >= 11 is 0. The summed E-state index contributed by atoms with van der Waals surface area (Å²) in [5.74, 6) is 0.718. The maximum absolute atomic E-state index is 12.7. The number of benzene rings is 1. The van der Waals surface area contributed by atoms with Gasteiger partial charge >= 0.3 is 0 Å². The summed E-state index contributed by atoms with van der Waals surface area (Å²) in [6.07, 6.45) is 5.51. The van der Waals surface area contributed by atoms with Gasteiger partial charge in [0.1, 0.15) is 0 Å². The van der Waals surface area contributed by atoms with E-state index in [1.807, 2.05) is 17.0 Å². The Balaban J connectivity index is 1.38. The number of rotatable bonds is 3. The minimum absolute atomic E-state index is 0.139. The van der Waals surface area contributed by atoms with Crippen molar-refractivity contribution in [2.45, 2.75) is 38.6 Å². The summed E-state index contributed by atoms with van der Waals surface area (Å²) in [4.78, 5) is 21.3. The van der Waals surface area contributed by atoms with E-state index in [1.54, 1.807) is 12.4 Å². The smallest absolute Gasteiger partial charge is 0.253 e. The molecule has 2 aromatic rings. The van der Waals surface area contributed by atoms with Crippen LogP contribution in [0.25, 0.3) is 0 Å². The molecule has 2 aliphatic heterocycles. The molecule has 1 atom stereocenters. The molecular weight excluding hydrogens is 334 g/mol. The minimum Gasteiger partial charge on any atom is -0.339 e. The normalized spacial score (nSPS) is 23.5. The molecule has 142 valence electrons. The van der Waals surface area contributed by atoms with Crippen molar-refractivity contribution in [3.63, 3.8) is 0 Å². The van der Waals surface area contributed by atoms with Crippen LogP contribution < -0.4 is 0 Å². The van der Waals surface area contributed by atoms with Crippen LogP contribution in [0.1, 0.15) is 48.5 Å². The van der Waals surface area contributed by atoms with Crippen LogP contribution in [0.2, 0.25) is 0 Å². The van der Waals surface area contributed by atoms with Crippen molar-refractivity contribution in [1.82, 2.24) is 14.8 Å².